The summed E-state index contributed by atoms with van der Waals surface area (Å²) < 4.78 is 6.06. The Morgan fingerprint density at radius 1 is 0.892 bits per heavy atom. The predicted molar refractivity (Wildman–Crippen MR) is 143 cm³/mol. The summed E-state index contributed by atoms with van der Waals surface area (Å²) in [6, 6.07) is 26.6. The molecule has 1 aliphatic carbocycles. The maximum Gasteiger partial charge on any atom is 0.410 e. The van der Waals surface area contributed by atoms with Crippen molar-refractivity contribution in [1.29, 1.82) is 0 Å². The standard InChI is InChI=1S/C32H30N2O3/c35-31(37-20-28-25-12-3-1-10-23(25)24-11-2-4-13-26(24)28)34-21-8-5-9-22(34)19-32(36,18-21)29-15-6-16-30-27(29)14-7-17-33-30/h1-4,6-7,10-17,21-22,28,36H,5,8-9,18-20H2. The van der Waals surface area contributed by atoms with E-state index in [4.69, 9.17) is 4.74 Å². The molecule has 7 rings (SSSR count). The first-order chi connectivity index (χ1) is 18.1. The molecule has 2 saturated heterocycles. The number of hydrogen-bond donors (Lipinski definition) is 1. The van der Waals surface area contributed by atoms with Crippen molar-refractivity contribution in [2.75, 3.05) is 6.61 Å². The number of nitrogens with zero attached hydrogens (tertiary/aromatic N) is 2. The number of benzene rings is 3. The lowest BCUT2D eigenvalue weighted by Gasteiger charge is -2.51. The van der Waals surface area contributed by atoms with Crippen molar-refractivity contribution in [2.45, 2.75) is 55.7 Å². The zero-order valence-electron chi connectivity index (χ0n) is 20.7. The second-order valence-electron chi connectivity index (χ2n) is 10.8. The molecule has 1 N–H and O–H groups in total. The van der Waals surface area contributed by atoms with Gasteiger partial charge in [-0.25, -0.2) is 4.79 Å². The van der Waals surface area contributed by atoms with E-state index in [0.717, 1.165) is 35.7 Å². The Kier molecular flexibility index (Phi) is 5.29. The number of ether oxygens (including phenoxy) is 1. The van der Waals surface area contributed by atoms with E-state index >= 15 is 0 Å². The summed E-state index contributed by atoms with van der Waals surface area (Å²) in [5.74, 6) is 0.0427. The number of rotatable bonds is 3. The van der Waals surface area contributed by atoms with Gasteiger partial charge in [0.05, 0.1) is 11.1 Å². The summed E-state index contributed by atoms with van der Waals surface area (Å²) in [5.41, 5.74) is 5.70. The van der Waals surface area contributed by atoms with Gasteiger partial charge in [0.1, 0.15) is 6.61 Å². The maximum absolute atomic E-state index is 13.6. The number of hydrogen-bond acceptors (Lipinski definition) is 4. The number of carbonyl (C=O) groups is 1. The van der Waals surface area contributed by atoms with Crippen LogP contribution in [0.15, 0.2) is 85.1 Å². The topological polar surface area (TPSA) is 62.7 Å². The lowest BCUT2D eigenvalue weighted by Crippen LogP contribution is -2.59. The third-order valence-corrected chi connectivity index (χ3v) is 8.70. The average molecular weight is 491 g/mol. The highest BCUT2D eigenvalue weighted by molar-refractivity contribution is 5.83. The largest absolute Gasteiger partial charge is 0.448 e. The monoisotopic (exact) mass is 490 g/mol. The van der Waals surface area contributed by atoms with Crippen LogP contribution >= 0.6 is 0 Å². The maximum atomic E-state index is 13.6. The van der Waals surface area contributed by atoms with Crippen LogP contribution in [-0.4, -0.2) is 39.8 Å². The Morgan fingerprint density at radius 3 is 2.27 bits per heavy atom. The fourth-order valence-electron chi connectivity index (χ4n) is 7.12. The predicted octanol–water partition coefficient (Wildman–Crippen LogP) is 6.39. The van der Waals surface area contributed by atoms with Crippen molar-refractivity contribution < 1.29 is 14.6 Å². The number of aromatic nitrogens is 1. The van der Waals surface area contributed by atoms with Crippen LogP contribution in [-0.2, 0) is 10.3 Å². The van der Waals surface area contributed by atoms with E-state index in [1.165, 1.54) is 22.3 Å². The van der Waals surface area contributed by atoms with Gasteiger partial charge in [0.2, 0.25) is 0 Å². The second kappa shape index (κ2) is 8.70. The fraction of sp³-hybridized carbons (Fsp3) is 0.312. The zero-order valence-corrected chi connectivity index (χ0v) is 20.7. The number of carbonyl (C=O) groups excluding carboxylic acids is 1. The fourth-order valence-corrected chi connectivity index (χ4v) is 7.12. The van der Waals surface area contributed by atoms with Crippen molar-refractivity contribution in [3.63, 3.8) is 0 Å². The number of fused-ring (bicyclic) bond motifs is 6. The molecule has 2 fully saturated rings. The number of pyridine rings is 1. The van der Waals surface area contributed by atoms with Crippen LogP contribution in [0.1, 0.15) is 54.7 Å². The molecule has 2 aliphatic heterocycles. The molecule has 2 bridgehead atoms. The molecule has 2 unspecified atom stereocenters. The van der Waals surface area contributed by atoms with E-state index in [0.29, 0.717) is 19.4 Å². The molecular formula is C32H30N2O3. The molecule has 5 heteroatoms. The van der Waals surface area contributed by atoms with Gasteiger partial charge < -0.3 is 14.7 Å². The van der Waals surface area contributed by atoms with Gasteiger partial charge in [0.15, 0.2) is 0 Å². The van der Waals surface area contributed by atoms with Crippen LogP contribution in [0.5, 0.6) is 0 Å². The van der Waals surface area contributed by atoms with Gasteiger partial charge in [-0.05, 0) is 59.2 Å². The molecule has 3 aromatic carbocycles. The minimum atomic E-state index is -0.988. The molecule has 3 heterocycles. The van der Waals surface area contributed by atoms with Crippen LogP contribution in [0.3, 0.4) is 0 Å². The highest BCUT2D eigenvalue weighted by atomic mass is 16.6. The first-order valence-electron chi connectivity index (χ1n) is 13.3. The van der Waals surface area contributed by atoms with E-state index < -0.39 is 5.60 Å². The van der Waals surface area contributed by atoms with E-state index in [2.05, 4.69) is 53.5 Å². The van der Waals surface area contributed by atoms with E-state index in [1.54, 1.807) is 6.20 Å². The van der Waals surface area contributed by atoms with Crippen LogP contribution < -0.4 is 0 Å². The first kappa shape index (κ1) is 22.5. The smallest absolute Gasteiger partial charge is 0.410 e. The Bertz CT molecular complexity index is 1430. The molecule has 186 valence electrons. The van der Waals surface area contributed by atoms with E-state index in [-0.39, 0.29) is 24.1 Å². The Balaban J connectivity index is 1.13. The Labute approximate surface area is 216 Å². The van der Waals surface area contributed by atoms with Crippen molar-refractivity contribution in [3.05, 3.63) is 102 Å². The molecule has 0 saturated carbocycles. The second-order valence-corrected chi connectivity index (χ2v) is 10.8. The average Bonchev–Trinajstić information content (AvgIpc) is 3.24. The highest BCUT2D eigenvalue weighted by Gasteiger charge is 2.49. The van der Waals surface area contributed by atoms with Crippen molar-refractivity contribution in [3.8, 4) is 11.1 Å². The first-order valence-corrected chi connectivity index (χ1v) is 13.3. The summed E-state index contributed by atoms with van der Waals surface area (Å²) in [7, 11) is 0. The van der Waals surface area contributed by atoms with Crippen molar-refractivity contribution in [2.24, 2.45) is 0 Å². The summed E-state index contributed by atoms with van der Waals surface area (Å²) in [6.45, 7) is 0.321. The lowest BCUT2D eigenvalue weighted by atomic mass is 9.72. The van der Waals surface area contributed by atoms with Gasteiger partial charge in [-0.1, -0.05) is 66.7 Å². The molecule has 37 heavy (non-hydrogen) atoms. The third-order valence-electron chi connectivity index (χ3n) is 8.70. The van der Waals surface area contributed by atoms with E-state index in [1.807, 2.05) is 35.2 Å². The molecule has 0 spiro atoms. The van der Waals surface area contributed by atoms with Gasteiger partial charge in [0.25, 0.3) is 0 Å². The third kappa shape index (κ3) is 3.64. The Morgan fingerprint density at radius 2 is 1.57 bits per heavy atom. The molecule has 2 atom stereocenters. The SMILES string of the molecule is O=C(OCC1c2ccccc2-c2ccccc21)N1C2CCCC1CC(O)(c1cccc3ncccc13)C2. The van der Waals surface area contributed by atoms with Gasteiger partial charge in [-0.15, -0.1) is 0 Å². The summed E-state index contributed by atoms with van der Waals surface area (Å²) in [5, 5.41) is 12.9. The van der Waals surface area contributed by atoms with Crippen LogP contribution in [0.4, 0.5) is 4.79 Å². The van der Waals surface area contributed by atoms with E-state index in [9.17, 15) is 9.90 Å². The summed E-state index contributed by atoms with van der Waals surface area (Å²) in [4.78, 5) is 20.0. The van der Waals surface area contributed by atoms with Gasteiger partial charge in [0, 0.05) is 42.4 Å². The minimum Gasteiger partial charge on any atom is -0.448 e. The number of amides is 1. The summed E-state index contributed by atoms with van der Waals surface area (Å²) in [6.07, 6.45) is 5.39. The zero-order chi connectivity index (χ0) is 25.0. The number of piperidine rings is 2. The highest BCUT2D eigenvalue weighted by Crippen LogP contribution is 2.47. The van der Waals surface area contributed by atoms with Gasteiger partial charge in [-0.2, -0.15) is 0 Å². The van der Waals surface area contributed by atoms with Gasteiger partial charge in [-0.3, -0.25) is 4.98 Å². The van der Waals surface area contributed by atoms with Crippen LogP contribution in [0, 0.1) is 0 Å². The molecule has 4 aromatic rings. The van der Waals surface area contributed by atoms with Gasteiger partial charge >= 0.3 is 6.09 Å². The molecule has 3 aliphatic rings. The summed E-state index contributed by atoms with van der Waals surface area (Å²) >= 11 is 0. The molecule has 5 nitrogen and oxygen atoms in total. The molecule has 1 amide bonds. The quantitative estimate of drug-likeness (QED) is 0.362. The molecule has 0 radical (unpaired) electrons. The lowest BCUT2D eigenvalue weighted by molar-refractivity contribution is -0.0883. The normalized spacial score (nSPS) is 24.5. The van der Waals surface area contributed by atoms with Crippen molar-refractivity contribution >= 4 is 17.0 Å². The van der Waals surface area contributed by atoms with Crippen LogP contribution in [0.2, 0.25) is 0 Å². The molecule has 1 aromatic heterocycles. The van der Waals surface area contributed by atoms with Crippen molar-refractivity contribution in [1.82, 2.24) is 9.88 Å². The minimum absolute atomic E-state index is 0.0416. The van der Waals surface area contributed by atoms with Crippen LogP contribution in [0.25, 0.3) is 22.0 Å². The Hall–Kier alpha value is -3.70. The number of aliphatic hydroxyl groups is 1. The molecular weight excluding hydrogens is 460 g/mol.